The first-order valence-corrected chi connectivity index (χ1v) is 7.50. The van der Waals surface area contributed by atoms with Crippen molar-refractivity contribution in [3.63, 3.8) is 0 Å². The average Bonchev–Trinajstić information content (AvgIpc) is 2.97. The summed E-state index contributed by atoms with van der Waals surface area (Å²) in [5.74, 6) is 0. The van der Waals surface area contributed by atoms with Gasteiger partial charge in [-0.25, -0.2) is 0 Å². The fraction of sp³-hybridized carbons (Fsp3) is 0.333. The number of nitrogens with zero attached hydrogens (tertiary/aromatic N) is 1. The van der Waals surface area contributed by atoms with Crippen molar-refractivity contribution in [1.82, 2.24) is 9.88 Å². The summed E-state index contributed by atoms with van der Waals surface area (Å²) in [7, 11) is 0. The quantitative estimate of drug-likeness (QED) is 0.615. The number of hydrogen-bond acceptors (Lipinski definition) is 4. The fourth-order valence-electron chi connectivity index (χ4n) is 2.07. The van der Waals surface area contributed by atoms with Crippen LogP contribution in [-0.4, -0.2) is 45.2 Å². The van der Waals surface area contributed by atoms with Gasteiger partial charge < -0.3 is 19.9 Å². The smallest absolute Gasteiger partial charge is 0.0884 e. The Bertz CT molecular complexity index is 619. The van der Waals surface area contributed by atoms with Gasteiger partial charge in [-0.1, -0.05) is 23.2 Å². The minimum Gasteiger partial charge on any atom is -0.394 e. The molecule has 0 aliphatic heterocycles. The van der Waals surface area contributed by atoms with Gasteiger partial charge in [0.15, 0.2) is 0 Å². The molecule has 0 spiro atoms. The van der Waals surface area contributed by atoms with E-state index in [-0.39, 0.29) is 19.8 Å². The van der Waals surface area contributed by atoms with Gasteiger partial charge >= 0.3 is 0 Å². The lowest BCUT2D eigenvalue weighted by Crippen LogP contribution is -2.54. The Labute approximate surface area is 138 Å². The lowest BCUT2D eigenvalue weighted by atomic mass is 10.0. The topological polar surface area (TPSA) is 77.7 Å². The zero-order valence-electron chi connectivity index (χ0n) is 11.8. The number of rotatable bonds is 7. The highest BCUT2D eigenvalue weighted by atomic mass is 35.5. The molecule has 2 aromatic rings. The molecule has 1 heterocycles. The summed E-state index contributed by atoms with van der Waals surface area (Å²) in [5, 5.41) is 32.1. The van der Waals surface area contributed by atoms with Crippen molar-refractivity contribution < 1.29 is 15.3 Å². The van der Waals surface area contributed by atoms with Crippen molar-refractivity contribution >= 4 is 23.2 Å². The summed E-state index contributed by atoms with van der Waals surface area (Å²) >= 11 is 12.1. The van der Waals surface area contributed by atoms with Crippen LogP contribution in [0.1, 0.15) is 5.69 Å². The molecule has 120 valence electrons. The third-order valence-corrected chi connectivity index (χ3v) is 4.09. The Kier molecular flexibility index (Phi) is 5.86. The van der Waals surface area contributed by atoms with Crippen LogP contribution in [0.5, 0.6) is 0 Å². The van der Waals surface area contributed by atoms with E-state index in [1.807, 2.05) is 29.0 Å². The van der Waals surface area contributed by atoms with Gasteiger partial charge in [0.1, 0.15) is 0 Å². The molecule has 2 rings (SSSR count). The van der Waals surface area contributed by atoms with Gasteiger partial charge in [0.2, 0.25) is 0 Å². The minimum atomic E-state index is -1.13. The van der Waals surface area contributed by atoms with Gasteiger partial charge in [0.05, 0.1) is 36.1 Å². The van der Waals surface area contributed by atoms with E-state index < -0.39 is 5.54 Å². The third kappa shape index (κ3) is 3.63. The van der Waals surface area contributed by atoms with E-state index in [1.54, 1.807) is 12.1 Å². The zero-order chi connectivity index (χ0) is 16.2. The van der Waals surface area contributed by atoms with Gasteiger partial charge in [-0.05, 0) is 30.3 Å². The second-order valence-corrected chi connectivity index (χ2v) is 5.92. The highest BCUT2D eigenvalue weighted by molar-refractivity contribution is 6.35. The van der Waals surface area contributed by atoms with E-state index in [0.29, 0.717) is 16.6 Å². The molecule has 0 amide bonds. The van der Waals surface area contributed by atoms with Crippen molar-refractivity contribution in [3.8, 4) is 5.69 Å². The number of aliphatic hydroxyl groups excluding tert-OH is 3. The van der Waals surface area contributed by atoms with E-state index in [9.17, 15) is 15.3 Å². The van der Waals surface area contributed by atoms with Gasteiger partial charge in [-0.15, -0.1) is 0 Å². The van der Waals surface area contributed by atoms with Crippen LogP contribution < -0.4 is 5.32 Å². The van der Waals surface area contributed by atoms with Crippen molar-refractivity contribution in [2.24, 2.45) is 0 Å². The molecule has 5 nitrogen and oxygen atoms in total. The van der Waals surface area contributed by atoms with E-state index in [4.69, 9.17) is 23.2 Å². The van der Waals surface area contributed by atoms with Gasteiger partial charge in [-0.3, -0.25) is 5.32 Å². The van der Waals surface area contributed by atoms with Crippen LogP contribution in [0.15, 0.2) is 36.5 Å². The van der Waals surface area contributed by atoms with Crippen molar-refractivity contribution in [1.29, 1.82) is 0 Å². The molecule has 1 aromatic heterocycles. The number of hydrogen-bond donors (Lipinski definition) is 4. The highest BCUT2D eigenvalue weighted by Crippen LogP contribution is 2.26. The zero-order valence-corrected chi connectivity index (χ0v) is 13.3. The molecular weight excluding hydrogens is 327 g/mol. The number of aliphatic hydroxyl groups is 3. The maximum atomic E-state index is 9.34. The molecule has 0 aliphatic carbocycles. The Morgan fingerprint density at radius 2 is 1.73 bits per heavy atom. The first-order chi connectivity index (χ1) is 10.5. The van der Waals surface area contributed by atoms with Crippen LogP contribution >= 0.6 is 23.2 Å². The molecule has 7 heteroatoms. The number of nitrogens with one attached hydrogen (secondary N) is 1. The lowest BCUT2D eigenvalue weighted by Gasteiger charge is -2.29. The van der Waals surface area contributed by atoms with E-state index in [0.717, 1.165) is 11.4 Å². The normalized spacial score (nSPS) is 11.9. The largest absolute Gasteiger partial charge is 0.394 e. The standard InChI is InChI=1S/C15H18Cl2N2O3/c16-11-3-4-14(13(17)6-11)19-5-1-2-12(19)7-18-15(8-20,9-21)10-22/h1-6,18,20-22H,7-10H2. The SMILES string of the molecule is OCC(CO)(CO)NCc1cccn1-c1ccc(Cl)cc1Cl. The van der Waals surface area contributed by atoms with E-state index in [2.05, 4.69) is 5.32 Å². The van der Waals surface area contributed by atoms with Crippen molar-refractivity contribution in [2.75, 3.05) is 19.8 Å². The first kappa shape index (κ1) is 17.3. The molecule has 0 atom stereocenters. The predicted octanol–water partition coefficient (Wildman–Crippen LogP) is 1.59. The molecule has 0 fully saturated rings. The lowest BCUT2D eigenvalue weighted by molar-refractivity contribution is 0.0411. The minimum absolute atomic E-state index is 0.341. The molecule has 0 saturated carbocycles. The van der Waals surface area contributed by atoms with Gasteiger partial charge in [0.25, 0.3) is 0 Å². The molecule has 1 aromatic carbocycles. The number of benzene rings is 1. The summed E-state index contributed by atoms with van der Waals surface area (Å²) in [5.41, 5.74) is 0.512. The summed E-state index contributed by atoms with van der Waals surface area (Å²) in [6.45, 7) is -0.777. The van der Waals surface area contributed by atoms with Crippen LogP contribution in [-0.2, 0) is 6.54 Å². The third-order valence-electron chi connectivity index (χ3n) is 3.55. The summed E-state index contributed by atoms with van der Waals surface area (Å²) in [4.78, 5) is 0. The fourth-order valence-corrected chi connectivity index (χ4v) is 2.57. The molecule has 0 aliphatic rings. The molecule has 22 heavy (non-hydrogen) atoms. The van der Waals surface area contributed by atoms with Crippen LogP contribution in [0.25, 0.3) is 5.69 Å². The maximum Gasteiger partial charge on any atom is 0.0884 e. The Morgan fingerprint density at radius 1 is 1.05 bits per heavy atom. The Hall–Kier alpha value is -1.08. The van der Waals surface area contributed by atoms with Crippen LogP contribution in [0.4, 0.5) is 0 Å². The molecule has 0 radical (unpaired) electrons. The van der Waals surface area contributed by atoms with Crippen molar-refractivity contribution in [2.45, 2.75) is 12.1 Å². The molecule has 4 N–H and O–H groups in total. The van der Waals surface area contributed by atoms with E-state index >= 15 is 0 Å². The maximum absolute atomic E-state index is 9.34. The van der Waals surface area contributed by atoms with Gasteiger partial charge in [0, 0.05) is 23.5 Å². The Morgan fingerprint density at radius 3 is 2.32 bits per heavy atom. The predicted molar refractivity (Wildman–Crippen MR) is 86.6 cm³/mol. The summed E-state index contributed by atoms with van der Waals surface area (Å²) < 4.78 is 1.88. The summed E-state index contributed by atoms with van der Waals surface area (Å²) in [6, 6.07) is 8.97. The number of aromatic nitrogens is 1. The van der Waals surface area contributed by atoms with Gasteiger partial charge in [-0.2, -0.15) is 0 Å². The second kappa shape index (κ2) is 7.46. The molecular formula is C15H18Cl2N2O3. The average molecular weight is 345 g/mol. The Balaban J connectivity index is 2.23. The first-order valence-electron chi connectivity index (χ1n) is 6.74. The van der Waals surface area contributed by atoms with Crippen LogP contribution in [0.2, 0.25) is 10.0 Å². The van der Waals surface area contributed by atoms with Crippen LogP contribution in [0, 0.1) is 0 Å². The van der Waals surface area contributed by atoms with Crippen molar-refractivity contribution in [3.05, 3.63) is 52.3 Å². The molecule has 0 saturated heterocycles. The molecule has 0 unspecified atom stereocenters. The monoisotopic (exact) mass is 344 g/mol. The highest BCUT2D eigenvalue weighted by Gasteiger charge is 2.27. The summed E-state index contributed by atoms with van der Waals surface area (Å²) in [6.07, 6.45) is 1.85. The molecule has 0 bridgehead atoms. The second-order valence-electron chi connectivity index (χ2n) is 5.07. The van der Waals surface area contributed by atoms with E-state index in [1.165, 1.54) is 0 Å². The van der Waals surface area contributed by atoms with Crippen LogP contribution in [0.3, 0.4) is 0 Å². The number of halogens is 2.